The lowest BCUT2D eigenvalue weighted by atomic mass is 9.56. The lowest BCUT2D eigenvalue weighted by Crippen LogP contribution is -2.40. The van der Waals surface area contributed by atoms with Gasteiger partial charge in [0, 0.05) is 0 Å². The fourth-order valence-corrected chi connectivity index (χ4v) is 9.98. The molecule has 2 saturated carbocycles. The number of benzene rings is 1. The lowest BCUT2D eigenvalue weighted by Gasteiger charge is -2.48. The van der Waals surface area contributed by atoms with E-state index in [0.717, 1.165) is 5.92 Å². The maximum Gasteiger partial charge on any atom is -0.00628 e. The molecule has 8 atom stereocenters. The van der Waals surface area contributed by atoms with E-state index in [0.29, 0.717) is 52.3 Å². The van der Waals surface area contributed by atoms with E-state index in [4.69, 9.17) is 0 Å². The van der Waals surface area contributed by atoms with Gasteiger partial charge in [0.05, 0.1) is 0 Å². The molecule has 44 heavy (non-hydrogen) atoms. The smallest absolute Gasteiger partial charge is 0.00628 e. The van der Waals surface area contributed by atoms with Crippen molar-refractivity contribution >= 4 is 0 Å². The van der Waals surface area contributed by atoms with E-state index in [9.17, 15) is 0 Å². The van der Waals surface area contributed by atoms with Crippen molar-refractivity contribution in [3.8, 4) is 0 Å². The summed E-state index contributed by atoms with van der Waals surface area (Å²) in [4.78, 5) is 0. The first-order chi connectivity index (χ1) is 20.2. The van der Waals surface area contributed by atoms with Crippen molar-refractivity contribution in [2.75, 3.05) is 0 Å². The van der Waals surface area contributed by atoms with Gasteiger partial charge in [0.2, 0.25) is 0 Å². The van der Waals surface area contributed by atoms with Crippen molar-refractivity contribution in [3.05, 3.63) is 83.0 Å². The highest BCUT2D eigenvalue weighted by Crippen LogP contribution is 2.68. The number of fused-ring (bicyclic) bond motifs is 3. The van der Waals surface area contributed by atoms with Crippen molar-refractivity contribution in [3.63, 3.8) is 0 Å². The standard InChI is InChI=1S/C44H66/c1-15-44(27-33(24-28(44)2)43(12,13)14)39(29-16-18-30(19-17-29)40(3,4)5)38-34-22-20-31(41(6,7)8)25-36(34)37-26-32(42(9,10)11)21-23-35(37)38/h16-23,25-26,28,33-39H,15,24,27H2,1-14H3. The summed E-state index contributed by atoms with van der Waals surface area (Å²) in [7, 11) is 0. The summed E-state index contributed by atoms with van der Waals surface area (Å²) < 4.78 is 0. The Morgan fingerprint density at radius 1 is 0.682 bits per heavy atom. The van der Waals surface area contributed by atoms with Crippen molar-refractivity contribution < 1.29 is 0 Å². The topological polar surface area (TPSA) is 0 Å². The normalized spacial score (nSPS) is 34.8. The third-order valence-electron chi connectivity index (χ3n) is 13.0. The molecule has 8 unspecified atom stereocenters. The van der Waals surface area contributed by atoms with Crippen molar-refractivity contribution in [2.45, 2.75) is 128 Å². The molecule has 0 heterocycles. The Hall–Kier alpha value is -1.82. The first kappa shape index (κ1) is 33.5. The molecule has 0 spiro atoms. The van der Waals surface area contributed by atoms with Crippen LogP contribution < -0.4 is 0 Å². The molecular formula is C44H66. The summed E-state index contributed by atoms with van der Waals surface area (Å²) in [6.45, 7) is 34.1. The van der Waals surface area contributed by atoms with Crippen LogP contribution in [-0.2, 0) is 5.41 Å². The number of hydrogen-bond donors (Lipinski definition) is 0. The zero-order valence-corrected chi connectivity index (χ0v) is 31.0. The molecule has 5 rings (SSSR count). The third-order valence-corrected chi connectivity index (χ3v) is 13.0. The number of rotatable bonds is 4. The molecule has 4 aliphatic rings. The molecule has 0 aromatic heterocycles. The first-order valence-electron chi connectivity index (χ1n) is 18.1. The van der Waals surface area contributed by atoms with Gasteiger partial charge in [0.1, 0.15) is 0 Å². The first-order valence-corrected chi connectivity index (χ1v) is 18.1. The van der Waals surface area contributed by atoms with Gasteiger partial charge in [-0.05, 0) is 116 Å². The second kappa shape index (κ2) is 11.2. The lowest BCUT2D eigenvalue weighted by molar-refractivity contribution is 0.0797. The van der Waals surface area contributed by atoms with Crippen LogP contribution in [-0.4, -0.2) is 0 Å². The highest BCUT2D eigenvalue weighted by Gasteiger charge is 2.59. The van der Waals surface area contributed by atoms with Gasteiger partial charge >= 0.3 is 0 Å². The summed E-state index contributed by atoms with van der Waals surface area (Å²) >= 11 is 0. The zero-order chi connectivity index (χ0) is 32.6. The van der Waals surface area contributed by atoms with Crippen LogP contribution in [0.1, 0.15) is 133 Å². The van der Waals surface area contributed by atoms with E-state index >= 15 is 0 Å². The van der Waals surface area contributed by atoms with Crippen molar-refractivity contribution in [1.82, 2.24) is 0 Å². The molecule has 242 valence electrons. The predicted molar refractivity (Wildman–Crippen MR) is 193 cm³/mol. The Morgan fingerprint density at radius 2 is 1.16 bits per heavy atom. The van der Waals surface area contributed by atoms with Gasteiger partial charge < -0.3 is 0 Å². The fraction of sp³-hybridized carbons (Fsp3) is 0.682. The predicted octanol–water partition coefficient (Wildman–Crippen LogP) is 12.7. The van der Waals surface area contributed by atoms with Crippen LogP contribution in [0.3, 0.4) is 0 Å². The molecule has 0 saturated heterocycles. The molecule has 1 aromatic carbocycles. The Bertz CT molecular complexity index is 1260. The second-order valence-electron chi connectivity index (χ2n) is 19.7. The quantitative estimate of drug-likeness (QED) is 0.325. The second-order valence-corrected chi connectivity index (χ2v) is 19.7. The minimum Gasteiger partial charge on any atom is -0.0802 e. The van der Waals surface area contributed by atoms with Gasteiger partial charge in [-0.3, -0.25) is 0 Å². The van der Waals surface area contributed by atoms with Crippen molar-refractivity contribution in [1.29, 1.82) is 0 Å². The van der Waals surface area contributed by atoms with Crippen LogP contribution in [0.4, 0.5) is 0 Å². The number of allylic oxidation sites excluding steroid dienone is 8. The molecule has 0 bridgehead atoms. The Labute approximate surface area is 273 Å². The van der Waals surface area contributed by atoms with Crippen LogP contribution >= 0.6 is 0 Å². The number of hydrogen-bond acceptors (Lipinski definition) is 0. The highest BCUT2D eigenvalue weighted by molar-refractivity contribution is 5.42. The molecule has 0 radical (unpaired) electrons. The molecule has 0 amide bonds. The molecule has 2 fully saturated rings. The summed E-state index contributed by atoms with van der Waals surface area (Å²) in [5.41, 5.74) is 7.25. The van der Waals surface area contributed by atoms with E-state index in [1.54, 1.807) is 5.56 Å². The fourth-order valence-electron chi connectivity index (χ4n) is 9.98. The van der Waals surface area contributed by atoms with Crippen LogP contribution in [0.2, 0.25) is 0 Å². The molecule has 4 aliphatic carbocycles. The van der Waals surface area contributed by atoms with E-state index in [-0.39, 0.29) is 16.2 Å². The van der Waals surface area contributed by atoms with Crippen LogP contribution in [0, 0.1) is 63.1 Å². The summed E-state index contributed by atoms with van der Waals surface area (Å²) in [6.07, 6.45) is 19.9. The van der Waals surface area contributed by atoms with Crippen LogP contribution in [0.15, 0.2) is 71.9 Å². The average Bonchev–Trinajstić information content (AvgIpc) is 3.43. The maximum atomic E-state index is 2.73. The third kappa shape index (κ3) is 5.91. The van der Waals surface area contributed by atoms with Gasteiger partial charge in [-0.25, -0.2) is 0 Å². The van der Waals surface area contributed by atoms with Gasteiger partial charge in [-0.2, -0.15) is 0 Å². The van der Waals surface area contributed by atoms with Crippen molar-refractivity contribution in [2.24, 2.45) is 63.1 Å². The Kier molecular flexibility index (Phi) is 8.51. The van der Waals surface area contributed by atoms with Gasteiger partial charge in [-0.15, -0.1) is 0 Å². The SMILES string of the molecule is CCC1(C(c2ccc(C(C)(C)C)cc2)C2C3C=CC(C(C)(C)C)=CC3C3C=C(C(C)(C)C)C=CC32)CC(C(C)(C)C)CC1C. The van der Waals surface area contributed by atoms with E-state index in [1.165, 1.54) is 36.0 Å². The zero-order valence-electron chi connectivity index (χ0n) is 31.0. The minimum atomic E-state index is 0.165. The van der Waals surface area contributed by atoms with Crippen LogP contribution in [0.25, 0.3) is 0 Å². The van der Waals surface area contributed by atoms with Gasteiger partial charge in [0.25, 0.3) is 0 Å². The highest BCUT2D eigenvalue weighted by atomic mass is 14.6. The minimum absolute atomic E-state index is 0.165. The van der Waals surface area contributed by atoms with Gasteiger partial charge in [0.15, 0.2) is 0 Å². The monoisotopic (exact) mass is 595 g/mol. The molecule has 0 N–H and O–H groups in total. The average molecular weight is 595 g/mol. The van der Waals surface area contributed by atoms with E-state index in [1.807, 2.05) is 0 Å². The Morgan fingerprint density at radius 3 is 1.52 bits per heavy atom. The largest absolute Gasteiger partial charge is 0.0802 e. The summed E-state index contributed by atoms with van der Waals surface area (Å²) in [5.74, 6) is 4.86. The van der Waals surface area contributed by atoms with Gasteiger partial charge in [-0.1, -0.05) is 158 Å². The molecular weight excluding hydrogens is 528 g/mol. The van der Waals surface area contributed by atoms with E-state index in [2.05, 4.69) is 158 Å². The van der Waals surface area contributed by atoms with Crippen LogP contribution in [0.5, 0.6) is 0 Å². The van der Waals surface area contributed by atoms with E-state index < -0.39 is 0 Å². The summed E-state index contributed by atoms with van der Waals surface area (Å²) in [6, 6.07) is 10.1. The molecule has 1 aromatic rings. The molecule has 0 aliphatic heterocycles. The molecule has 0 nitrogen and oxygen atoms in total. The maximum absolute atomic E-state index is 2.73. The Balaban J connectivity index is 1.71. The summed E-state index contributed by atoms with van der Waals surface area (Å²) in [5, 5.41) is 0. The molecule has 0 heteroatoms.